The number of hydrogen-bond acceptors (Lipinski definition) is 4. The summed E-state index contributed by atoms with van der Waals surface area (Å²) in [7, 11) is -3.63. The summed E-state index contributed by atoms with van der Waals surface area (Å²) in [5.74, 6) is 0.303. The van der Waals surface area contributed by atoms with E-state index < -0.39 is 10.0 Å². The molecule has 0 saturated carbocycles. The fourth-order valence-electron chi connectivity index (χ4n) is 1.48. The number of rotatable bonds is 3. The summed E-state index contributed by atoms with van der Waals surface area (Å²) < 4.78 is 26.1. The molecule has 2 rings (SSSR count). The molecule has 0 aliphatic rings. The van der Waals surface area contributed by atoms with E-state index in [4.69, 9.17) is 0 Å². The molecule has 0 aromatic carbocycles. The SMILES string of the molecule is Cc1cc(C)nc(NS(=O)(=O)c2ccn[nH]2)c1. The molecule has 0 radical (unpaired) electrons. The first-order chi connectivity index (χ1) is 7.97. The summed E-state index contributed by atoms with van der Waals surface area (Å²) >= 11 is 0. The Hall–Kier alpha value is -1.89. The molecule has 90 valence electrons. The second-order valence-electron chi connectivity index (χ2n) is 3.70. The standard InChI is InChI=1S/C10H12N4O2S/c1-7-5-8(2)12-9(6-7)14-17(15,16)10-3-4-11-13-10/h3-6H,1-2H3,(H,11,13)(H,12,14). The van der Waals surface area contributed by atoms with Crippen LogP contribution in [0, 0.1) is 13.8 Å². The van der Waals surface area contributed by atoms with Crippen molar-refractivity contribution in [3.05, 3.63) is 35.7 Å². The Labute approximate surface area is 99.1 Å². The van der Waals surface area contributed by atoms with Gasteiger partial charge in [-0.25, -0.2) is 4.98 Å². The summed E-state index contributed by atoms with van der Waals surface area (Å²) in [5, 5.41) is 6.01. The number of hydrogen-bond donors (Lipinski definition) is 2. The van der Waals surface area contributed by atoms with Crippen LogP contribution in [0.2, 0.25) is 0 Å². The second-order valence-corrected chi connectivity index (χ2v) is 5.35. The molecule has 0 atom stereocenters. The quantitative estimate of drug-likeness (QED) is 0.859. The van der Waals surface area contributed by atoms with Crippen molar-refractivity contribution in [1.29, 1.82) is 0 Å². The molecule has 2 heterocycles. The van der Waals surface area contributed by atoms with E-state index in [1.54, 1.807) is 13.0 Å². The smallest absolute Gasteiger partial charge is 0.266 e. The number of nitrogens with one attached hydrogen (secondary N) is 2. The van der Waals surface area contributed by atoms with Crippen molar-refractivity contribution >= 4 is 15.8 Å². The first kappa shape index (κ1) is 11.6. The van der Waals surface area contributed by atoms with Crippen molar-refractivity contribution in [3.8, 4) is 0 Å². The van der Waals surface area contributed by atoms with Gasteiger partial charge in [0.25, 0.3) is 10.0 Å². The number of anilines is 1. The fourth-order valence-corrected chi connectivity index (χ4v) is 2.38. The minimum atomic E-state index is -3.63. The lowest BCUT2D eigenvalue weighted by Gasteiger charge is -2.06. The van der Waals surface area contributed by atoms with Gasteiger partial charge in [-0.2, -0.15) is 13.5 Å². The van der Waals surface area contributed by atoms with Crippen molar-refractivity contribution in [2.75, 3.05) is 4.72 Å². The van der Waals surface area contributed by atoms with Gasteiger partial charge in [-0.05, 0) is 37.6 Å². The van der Waals surface area contributed by atoms with Gasteiger partial charge >= 0.3 is 0 Å². The zero-order valence-electron chi connectivity index (χ0n) is 9.43. The summed E-state index contributed by atoms with van der Waals surface area (Å²) in [5.41, 5.74) is 1.70. The van der Waals surface area contributed by atoms with Gasteiger partial charge in [-0.1, -0.05) is 0 Å². The molecular formula is C10H12N4O2S. The van der Waals surface area contributed by atoms with Crippen LogP contribution in [-0.2, 0) is 10.0 Å². The molecule has 6 nitrogen and oxygen atoms in total. The lowest BCUT2D eigenvalue weighted by Crippen LogP contribution is -2.14. The Morgan fingerprint density at radius 2 is 2.06 bits per heavy atom. The van der Waals surface area contributed by atoms with E-state index in [0.717, 1.165) is 11.3 Å². The van der Waals surface area contributed by atoms with Gasteiger partial charge in [0.2, 0.25) is 0 Å². The Kier molecular flexibility index (Phi) is 2.84. The molecule has 0 saturated heterocycles. The highest BCUT2D eigenvalue weighted by molar-refractivity contribution is 7.92. The molecule has 2 aromatic heterocycles. The molecular weight excluding hydrogens is 240 g/mol. The molecule has 0 aliphatic heterocycles. The molecule has 0 spiro atoms. The van der Waals surface area contributed by atoms with Crippen molar-refractivity contribution in [1.82, 2.24) is 15.2 Å². The third-order valence-electron chi connectivity index (χ3n) is 2.10. The molecule has 0 bridgehead atoms. The summed E-state index contributed by atoms with van der Waals surface area (Å²) in [6.07, 6.45) is 1.38. The minimum Gasteiger partial charge on any atom is -0.266 e. The van der Waals surface area contributed by atoms with Gasteiger partial charge in [0, 0.05) is 5.69 Å². The number of sulfonamides is 1. The highest BCUT2D eigenvalue weighted by Crippen LogP contribution is 2.14. The predicted octanol–water partition coefficient (Wildman–Crippen LogP) is 1.22. The number of nitrogens with zero attached hydrogens (tertiary/aromatic N) is 2. The predicted molar refractivity (Wildman–Crippen MR) is 63.1 cm³/mol. The van der Waals surface area contributed by atoms with E-state index in [-0.39, 0.29) is 5.03 Å². The van der Waals surface area contributed by atoms with Crippen molar-refractivity contribution in [2.45, 2.75) is 18.9 Å². The monoisotopic (exact) mass is 252 g/mol. The maximum atomic E-state index is 11.9. The van der Waals surface area contributed by atoms with Gasteiger partial charge < -0.3 is 0 Å². The van der Waals surface area contributed by atoms with Gasteiger partial charge in [0.1, 0.15) is 5.82 Å². The lowest BCUT2D eigenvalue weighted by molar-refractivity contribution is 0.597. The molecule has 0 aliphatic carbocycles. The Bertz CT molecular complexity index is 600. The fraction of sp³-hybridized carbons (Fsp3) is 0.200. The van der Waals surface area contributed by atoms with Gasteiger partial charge in [0.15, 0.2) is 5.03 Å². The Morgan fingerprint density at radius 3 is 2.65 bits per heavy atom. The highest BCUT2D eigenvalue weighted by atomic mass is 32.2. The number of H-pyrrole nitrogens is 1. The number of pyridine rings is 1. The molecule has 17 heavy (non-hydrogen) atoms. The number of aryl methyl sites for hydroxylation is 2. The molecule has 2 N–H and O–H groups in total. The van der Waals surface area contributed by atoms with Crippen LogP contribution in [0.3, 0.4) is 0 Å². The van der Waals surface area contributed by atoms with E-state index in [9.17, 15) is 8.42 Å². The maximum Gasteiger partial charge on any atom is 0.279 e. The van der Waals surface area contributed by atoms with Crippen LogP contribution in [0.15, 0.2) is 29.4 Å². The molecule has 0 fully saturated rings. The van der Waals surface area contributed by atoms with E-state index in [2.05, 4.69) is 19.9 Å². The first-order valence-electron chi connectivity index (χ1n) is 4.95. The largest absolute Gasteiger partial charge is 0.279 e. The topological polar surface area (TPSA) is 87.7 Å². The second kappa shape index (κ2) is 4.17. The third-order valence-corrected chi connectivity index (χ3v) is 3.39. The molecule has 7 heteroatoms. The van der Waals surface area contributed by atoms with E-state index in [0.29, 0.717) is 5.82 Å². The summed E-state index contributed by atoms with van der Waals surface area (Å²) in [4.78, 5) is 4.10. The van der Waals surface area contributed by atoms with Gasteiger partial charge in [-0.15, -0.1) is 0 Å². The maximum absolute atomic E-state index is 11.9. The van der Waals surface area contributed by atoms with Crippen LogP contribution in [0.1, 0.15) is 11.3 Å². The zero-order valence-corrected chi connectivity index (χ0v) is 10.2. The summed E-state index contributed by atoms with van der Waals surface area (Å²) in [6.45, 7) is 3.68. The average molecular weight is 252 g/mol. The van der Waals surface area contributed by atoms with Crippen LogP contribution >= 0.6 is 0 Å². The van der Waals surface area contributed by atoms with Crippen LogP contribution in [0.4, 0.5) is 5.82 Å². The van der Waals surface area contributed by atoms with Crippen LogP contribution in [0.25, 0.3) is 0 Å². The molecule has 0 unspecified atom stereocenters. The van der Waals surface area contributed by atoms with Crippen molar-refractivity contribution in [2.24, 2.45) is 0 Å². The van der Waals surface area contributed by atoms with E-state index >= 15 is 0 Å². The summed E-state index contributed by atoms with van der Waals surface area (Å²) in [6, 6.07) is 4.92. The third kappa shape index (κ3) is 2.62. The van der Waals surface area contributed by atoms with Gasteiger partial charge in [-0.3, -0.25) is 9.82 Å². The lowest BCUT2D eigenvalue weighted by atomic mass is 10.2. The normalized spacial score (nSPS) is 11.4. The van der Waals surface area contributed by atoms with Crippen molar-refractivity contribution < 1.29 is 8.42 Å². The van der Waals surface area contributed by atoms with Crippen LogP contribution in [0.5, 0.6) is 0 Å². The van der Waals surface area contributed by atoms with Crippen LogP contribution < -0.4 is 4.72 Å². The highest BCUT2D eigenvalue weighted by Gasteiger charge is 2.16. The molecule has 0 amide bonds. The van der Waals surface area contributed by atoms with E-state index in [1.807, 2.05) is 13.0 Å². The Morgan fingerprint density at radius 1 is 1.29 bits per heavy atom. The first-order valence-corrected chi connectivity index (χ1v) is 6.43. The Balaban J connectivity index is 2.33. The minimum absolute atomic E-state index is 0.0125. The number of aromatic amines is 1. The molecule has 2 aromatic rings. The van der Waals surface area contributed by atoms with Crippen LogP contribution in [-0.4, -0.2) is 23.6 Å². The van der Waals surface area contributed by atoms with Crippen molar-refractivity contribution in [3.63, 3.8) is 0 Å². The zero-order chi connectivity index (χ0) is 12.5. The van der Waals surface area contributed by atoms with Gasteiger partial charge in [0.05, 0.1) is 6.20 Å². The number of aromatic nitrogens is 3. The average Bonchev–Trinajstić information content (AvgIpc) is 2.67. The van der Waals surface area contributed by atoms with E-state index in [1.165, 1.54) is 12.3 Å².